The third-order valence-electron chi connectivity index (χ3n) is 2.96. The van der Waals surface area contributed by atoms with Gasteiger partial charge in [0.2, 0.25) is 0 Å². The van der Waals surface area contributed by atoms with E-state index in [1.165, 1.54) is 0 Å². The Bertz CT molecular complexity index is 203. The Kier molecular flexibility index (Phi) is 3.93. The predicted molar refractivity (Wildman–Crippen MR) is 53.9 cm³/mol. The number of esters is 1. The molecule has 1 fully saturated rings. The molecular weight excluding hydrogens is 180 g/mol. The summed E-state index contributed by atoms with van der Waals surface area (Å²) in [5.41, 5.74) is 0. The minimum absolute atomic E-state index is 0.00986. The highest BCUT2D eigenvalue weighted by molar-refractivity contribution is 5.73. The largest absolute Gasteiger partial charge is 0.465 e. The van der Waals surface area contributed by atoms with Crippen LogP contribution in [0.5, 0.6) is 0 Å². The molecule has 14 heavy (non-hydrogen) atoms. The first-order valence-corrected chi connectivity index (χ1v) is 5.40. The Morgan fingerprint density at radius 2 is 1.93 bits per heavy atom. The molecule has 0 radical (unpaired) electrons. The van der Waals surface area contributed by atoms with Crippen LogP contribution in [0.15, 0.2) is 0 Å². The number of hydrogen-bond acceptors (Lipinski definition) is 3. The van der Waals surface area contributed by atoms with Gasteiger partial charge < -0.3 is 9.47 Å². The van der Waals surface area contributed by atoms with E-state index in [0.717, 1.165) is 6.42 Å². The number of carbonyl (C=O) groups is 1. The summed E-state index contributed by atoms with van der Waals surface area (Å²) < 4.78 is 10.7. The van der Waals surface area contributed by atoms with E-state index >= 15 is 0 Å². The lowest BCUT2D eigenvalue weighted by molar-refractivity contribution is -0.151. The molecular formula is C11H20O3. The van der Waals surface area contributed by atoms with Crippen LogP contribution in [-0.4, -0.2) is 24.8 Å². The van der Waals surface area contributed by atoms with Gasteiger partial charge in [-0.1, -0.05) is 13.8 Å². The van der Waals surface area contributed by atoms with Crippen LogP contribution >= 0.6 is 0 Å². The summed E-state index contributed by atoms with van der Waals surface area (Å²) in [6.07, 6.45) is 1.02. The van der Waals surface area contributed by atoms with Gasteiger partial charge in [0.15, 0.2) is 0 Å². The first kappa shape index (κ1) is 11.5. The molecule has 0 amide bonds. The molecule has 0 bridgehead atoms. The molecule has 0 aliphatic carbocycles. The zero-order chi connectivity index (χ0) is 10.7. The quantitative estimate of drug-likeness (QED) is 0.654. The summed E-state index contributed by atoms with van der Waals surface area (Å²) in [5.74, 6) is 0.0714. The second-order valence-corrected chi connectivity index (χ2v) is 4.10. The van der Waals surface area contributed by atoms with Gasteiger partial charge in [-0.05, 0) is 26.2 Å². The maximum absolute atomic E-state index is 11.7. The molecule has 82 valence electrons. The van der Waals surface area contributed by atoms with Crippen molar-refractivity contribution in [1.82, 2.24) is 0 Å². The summed E-state index contributed by atoms with van der Waals surface area (Å²) in [6, 6.07) is 0. The van der Waals surface area contributed by atoms with Crippen LogP contribution in [0.1, 0.15) is 34.1 Å². The average Bonchev–Trinajstić information content (AvgIpc) is 2.38. The monoisotopic (exact) mass is 200 g/mol. The minimum atomic E-state index is -0.101. The Balaban J connectivity index is 2.53. The lowest BCUT2D eigenvalue weighted by Crippen LogP contribution is -2.28. The number of hydrogen-bond donors (Lipinski definition) is 0. The van der Waals surface area contributed by atoms with Crippen LogP contribution in [-0.2, 0) is 14.3 Å². The summed E-state index contributed by atoms with van der Waals surface area (Å²) >= 11 is 0. The summed E-state index contributed by atoms with van der Waals surface area (Å²) in [7, 11) is 0. The Labute approximate surface area is 85.8 Å². The first-order valence-electron chi connectivity index (χ1n) is 5.40. The smallest absolute Gasteiger partial charge is 0.311 e. The molecule has 1 aliphatic rings. The molecule has 4 unspecified atom stereocenters. The zero-order valence-corrected chi connectivity index (χ0v) is 9.45. The van der Waals surface area contributed by atoms with Gasteiger partial charge in [-0.3, -0.25) is 4.79 Å². The molecule has 1 rings (SSSR count). The van der Waals surface area contributed by atoms with E-state index in [0.29, 0.717) is 6.61 Å². The highest BCUT2D eigenvalue weighted by atomic mass is 16.5. The third-order valence-corrected chi connectivity index (χ3v) is 2.96. The summed E-state index contributed by atoms with van der Waals surface area (Å²) in [4.78, 5) is 11.7. The third kappa shape index (κ3) is 2.27. The van der Waals surface area contributed by atoms with Gasteiger partial charge in [0.05, 0.1) is 24.7 Å². The molecule has 1 saturated heterocycles. The molecule has 3 nitrogen and oxygen atoms in total. The molecule has 0 aromatic carbocycles. The van der Waals surface area contributed by atoms with E-state index in [1.54, 1.807) is 0 Å². The Morgan fingerprint density at radius 1 is 1.29 bits per heavy atom. The second kappa shape index (κ2) is 4.78. The van der Waals surface area contributed by atoms with Crippen molar-refractivity contribution in [1.29, 1.82) is 0 Å². The van der Waals surface area contributed by atoms with Gasteiger partial charge in [0.25, 0.3) is 0 Å². The highest BCUT2D eigenvalue weighted by Crippen LogP contribution is 2.32. The van der Waals surface area contributed by atoms with Gasteiger partial charge >= 0.3 is 5.97 Å². The summed E-state index contributed by atoms with van der Waals surface area (Å²) in [6.45, 7) is 8.51. The van der Waals surface area contributed by atoms with Crippen LogP contribution in [0.25, 0.3) is 0 Å². The first-order chi connectivity index (χ1) is 6.57. The van der Waals surface area contributed by atoms with Crippen molar-refractivity contribution < 1.29 is 14.3 Å². The van der Waals surface area contributed by atoms with Crippen LogP contribution < -0.4 is 0 Å². The van der Waals surface area contributed by atoms with Crippen molar-refractivity contribution in [2.24, 2.45) is 11.8 Å². The summed E-state index contributed by atoms with van der Waals surface area (Å²) in [5, 5.41) is 0. The van der Waals surface area contributed by atoms with E-state index in [2.05, 4.69) is 0 Å². The molecule has 1 heterocycles. The van der Waals surface area contributed by atoms with E-state index in [-0.39, 0.29) is 30.0 Å². The molecule has 0 aromatic rings. The van der Waals surface area contributed by atoms with Gasteiger partial charge in [-0.15, -0.1) is 0 Å². The molecule has 0 N–H and O–H groups in total. The Morgan fingerprint density at radius 3 is 2.36 bits per heavy atom. The number of carbonyl (C=O) groups excluding carboxylic acids is 1. The van der Waals surface area contributed by atoms with E-state index in [9.17, 15) is 4.79 Å². The van der Waals surface area contributed by atoms with Crippen molar-refractivity contribution in [2.45, 2.75) is 46.3 Å². The van der Waals surface area contributed by atoms with E-state index in [1.807, 2.05) is 27.7 Å². The lowest BCUT2D eigenvalue weighted by atomic mass is 9.90. The van der Waals surface area contributed by atoms with E-state index in [4.69, 9.17) is 9.47 Å². The van der Waals surface area contributed by atoms with Gasteiger partial charge in [-0.25, -0.2) is 0 Å². The van der Waals surface area contributed by atoms with E-state index < -0.39 is 0 Å². The topological polar surface area (TPSA) is 35.5 Å². The number of rotatable bonds is 3. The Hall–Kier alpha value is -0.570. The lowest BCUT2D eigenvalue weighted by Gasteiger charge is -2.16. The van der Waals surface area contributed by atoms with Crippen molar-refractivity contribution >= 4 is 5.97 Å². The fraction of sp³-hybridized carbons (Fsp3) is 0.909. The van der Waals surface area contributed by atoms with Crippen LogP contribution in [0.2, 0.25) is 0 Å². The van der Waals surface area contributed by atoms with Crippen LogP contribution in [0.3, 0.4) is 0 Å². The molecule has 4 atom stereocenters. The molecule has 0 saturated carbocycles. The second-order valence-electron chi connectivity index (χ2n) is 4.10. The van der Waals surface area contributed by atoms with Gasteiger partial charge in [0, 0.05) is 0 Å². The van der Waals surface area contributed by atoms with Crippen LogP contribution in [0.4, 0.5) is 0 Å². The van der Waals surface area contributed by atoms with Gasteiger partial charge in [0.1, 0.15) is 0 Å². The van der Waals surface area contributed by atoms with Crippen LogP contribution in [0, 0.1) is 11.8 Å². The SMILES string of the molecule is CCCOC(=O)C1C(C)OC(C)C1C. The fourth-order valence-electron chi connectivity index (χ4n) is 1.97. The normalized spacial score (nSPS) is 37.1. The fourth-order valence-corrected chi connectivity index (χ4v) is 1.97. The molecule has 3 heteroatoms. The average molecular weight is 200 g/mol. The molecule has 0 spiro atoms. The van der Waals surface area contributed by atoms with Gasteiger partial charge in [-0.2, -0.15) is 0 Å². The van der Waals surface area contributed by atoms with Crippen molar-refractivity contribution in [3.05, 3.63) is 0 Å². The molecule has 1 aliphatic heterocycles. The molecule has 0 aromatic heterocycles. The number of ether oxygens (including phenoxy) is 2. The van der Waals surface area contributed by atoms with Crippen molar-refractivity contribution in [3.8, 4) is 0 Å². The van der Waals surface area contributed by atoms with Crippen molar-refractivity contribution in [2.75, 3.05) is 6.61 Å². The van der Waals surface area contributed by atoms with Crippen molar-refractivity contribution in [3.63, 3.8) is 0 Å². The maximum Gasteiger partial charge on any atom is 0.311 e. The predicted octanol–water partition coefficient (Wildman–Crippen LogP) is 2.00. The highest BCUT2D eigenvalue weighted by Gasteiger charge is 2.42. The minimum Gasteiger partial charge on any atom is -0.465 e. The maximum atomic E-state index is 11.7. The standard InChI is InChI=1S/C11H20O3/c1-5-6-13-11(12)10-7(2)8(3)14-9(10)4/h7-10H,5-6H2,1-4H3. The zero-order valence-electron chi connectivity index (χ0n) is 9.45.